The Balaban J connectivity index is 1.63. The zero-order valence-corrected chi connectivity index (χ0v) is 11.6. The number of nitrogens with one attached hydrogen (secondary N) is 1. The summed E-state index contributed by atoms with van der Waals surface area (Å²) in [7, 11) is 0. The molecule has 1 saturated heterocycles. The van der Waals surface area contributed by atoms with E-state index >= 15 is 0 Å². The topological polar surface area (TPSA) is 15.3 Å². The van der Waals surface area contributed by atoms with Crippen LogP contribution in [0.25, 0.3) is 0 Å². The van der Waals surface area contributed by atoms with E-state index in [-0.39, 0.29) is 0 Å². The van der Waals surface area contributed by atoms with Crippen molar-refractivity contribution in [1.82, 2.24) is 10.2 Å². The number of thioether (sulfide) groups is 1. The Hall–Kier alpha value is 0.270. The lowest BCUT2D eigenvalue weighted by Crippen LogP contribution is -2.32. The van der Waals surface area contributed by atoms with Gasteiger partial charge in [0.05, 0.1) is 0 Å². The molecule has 1 N–H and O–H groups in total. The van der Waals surface area contributed by atoms with Crippen molar-refractivity contribution in [1.29, 1.82) is 0 Å². The average molecular weight is 242 g/mol. The lowest BCUT2D eigenvalue weighted by molar-refractivity contribution is 0.318. The molecule has 0 bridgehead atoms. The molecule has 94 valence electrons. The second-order valence-corrected chi connectivity index (χ2v) is 6.76. The van der Waals surface area contributed by atoms with Crippen LogP contribution in [-0.2, 0) is 0 Å². The fourth-order valence-corrected chi connectivity index (χ4v) is 3.50. The van der Waals surface area contributed by atoms with E-state index < -0.39 is 0 Å². The highest BCUT2D eigenvalue weighted by atomic mass is 32.2. The van der Waals surface area contributed by atoms with Gasteiger partial charge in [-0.05, 0) is 57.5 Å². The summed E-state index contributed by atoms with van der Waals surface area (Å²) in [5, 5.41) is 3.56. The number of hydrogen-bond acceptors (Lipinski definition) is 3. The van der Waals surface area contributed by atoms with E-state index in [9.17, 15) is 0 Å². The van der Waals surface area contributed by atoms with Crippen LogP contribution >= 0.6 is 11.8 Å². The maximum absolute atomic E-state index is 3.56. The van der Waals surface area contributed by atoms with Gasteiger partial charge in [0.2, 0.25) is 0 Å². The summed E-state index contributed by atoms with van der Waals surface area (Å²) in [5.74, 6) is 0.907. The Labute approximate surface area is 105 Å². The molecule has 1 aliphatic heterocycles. The van der Waals surface area contributed by atoms with Gasteiger partial charge < -0.3 is 10.2 Å². The number of nitrogens with zero attached hydrogens (tertiary/aromatic N) is 1. The molecule has 0 radical (unpaired) electrons. The molecule has 2 rings (SSSR count). The maximum Gasteiger partial charge on any atom is 0.0285 e. The van der Waals surface area contributed by atoms with Gasteiger partial charge in [-0.15, -0.1) is 0 Å². The molecule has 1 aliphatic carbocycles. The second kappa shape index (κ2) is 5.74. The number of likely N-dealkylation sites (tertiary alicyclic amines) is 1. The molecule has 1 atom stereocenters. The smallest absolute Gasteiger partial charge is 0.0285 e. The first-order valence-electron chi connectivity index (χ1n) is 6.76. The predicted octanol–water partition coefficient (Wildman–Crippen LogP) is 2.20. The standard InChI is InChI=1S/C13H26N2S/c1-3-7-14-9-12-4-8-15(10-12)11-13(16-2)5-6-13/h12,14H,3-11H2,1-2H3. The third-order valence-corrected chi connectivity index (χ3v) is 5.39. The Morgan fingerprint density at radius 1 is 1.44 bits per heavy atom. The van der Waals surface area contributed by atoms with Crippen LogP contribution in [0.5, 0.6) is 0 Å². The molecule has 0 spiro atoms. The summed E-state index contributed by atoms with van der Waals surface area (Å²) in [6.45, 7) is 8.67. The molecular formula is C13H26N2S. The van der Waals surface area contributed by atoms with Crippen LogP contribution in [0.3, 0.4) is 0 Å². The van der Waals surface area contributed by atoms with E-state index in [2.05, 4.69) is 35.2 Å². The van der Waals surface area contributed by atoms with E-state index in [1.165, 1.54) is 58.4 Å². The van der Waals surface area contributed by atoms with Crippen molar-refractivity contribution in [2.45, 2.75) is 37.4 Å². The number of hydrogen-bond donors (Lipinski definition) is 1. The van der Waals surface area contributed by atoms with E-state index in [0.29, 0.717) is 4.75 Å². The predicted molar refractivity (Wildman–Crippen MR) is 73.2 cm³/mol. The van der Waals surface area contributed by atoms with Crippen molar-refractivity contribution in [3.8, 4) is 0 Å². The number of rotatable bonds is 7. The van der Waals surface area contributed by atoms with E-state index in [1.807, 2.05) is 0 Å². The average Bonchev–Trinajstić information content (AvgIpc) is 2.93. The van der Waals surface area contributed by atoms with Crippen molar-refractivity contribution in [2.75, 3.05) is 39.0 Å². The van der Waals surface area contributed by atoms with Crippen molar-refractivity contribution < 1.29 is 0 Å². The zero-order chi connectivity index (χ0) is 11.4. The lowest BCUT2D eigenvalue weighted by Gasteiger charge is -2.21. The molecule has 2 aliphatic rings. The first-order valence-corrected chi connectivity index (χ1v) is 7.99. The Kier molecular flexibility index (Phi) is 4.57. The van der Waals surface area contributed by atoms with Gasteiger partial charge in [0.15, 0.2) is 0 Å². The van der Waals surface area contributed by atoms with Gasteiger partial charge in [0, 0.05) is 17.8 Å². The molecule has 16 heavy (non-hydrogen) atoms. The van der Waals surface area contributed by atoms with Crippen LogP contribution in [0.2, 0.25) is 0 Å². The highest BCUT2D eigenvalue weighted by Gasteiger charge is 2.44. The van der Waals surface area contributed by atoms with Gasteiger partial charge in [-0.2, -0.15) is 11.8 Å². The van der Waals surface area contributed by atoms with Crippen molar-refractivity contribution in [3.05, 3.63) is 0 Å². The molecule has 1 saturated carbocycles. The van der Waals surface area contributed by atoms with Crippen LogP contribution in [0.15, 0.2) is 0 Å². The molecule has 0 aromatic rings. The Morgan fingerprint density at radius 3 is 2.88 bits per heavy atom. The summed E-state index contributed by atoms with van der Waals surface area (Å²) < 4.78 is 0.658. The molecule has 1 unspecified atom stereocenters. The third-order valence-electron chi connectivity index (χ3n) is 3.98. The molecule has 2 nitrogen and oxygen atoms in total. The summed E-state index contributed by atoms with van der Waals surface area (Å²) in [4.78, 5) is 2.70. The fourth-order valence-electron chi connectivity index (χ4n) is 2.68. The zero-order valence-electron chi connectivity index (χ0n) is 10.8. The van der Waals surface area contributed by atoms with Crippen LogP contribution in [-0.4, -0.2) is 48.6 Å². The first kappa shape index (κ1) is 12.7. The molecule has 1 heterocycles. The van der Waals surface area contributed by atoms with Gasteiger partial charge in [0.1, 0.15) is 0 Å². The largest absolute Gasteiger partial charge is 0.316 e. The lowest BCUT2D eigenvalue weighted by atomic mass is 10.1. The molecule has 0 amide bonds. The summed E-state index contributed by atoms with van der Waals surface area (Å²) in [6.07, 6.45) is 7.84. The summed E-state index contributed by atoms with van der Waals surface area (Å²) in [6, 6.07) is 0. The Morgan fingerprint density at radius 2 is 2.25 bits per heavy atom. The minimum absolute atomic E-state index is 0.658. The van der Waals surface area contributed by atoms with Gasteiger partial charge in [0.25, 0.3) is 0 Å². The minimum Gasteiger partial charge on any atom is -0.316 e. The van der Waals surface area contributed by atoms with Gasteiger partial charge >= 0.3 is 0 Å². The fraction of sp³-hybridized carbons (Fsp3) is 1.00. The third kappa shape index (κ3) is 3.38. The van der Waals surface area contributed by atoms with Crippen molar-refractivity contribution >= 4 is 11.8 Å². The monoisotopic (exact) mass is 242 g/mol. The SMILES string of the molecule is CCCNCC1CCN(CC2(SC)CC2)C1. The maximum atomic E-state index is 3.56. The summed E-state index contributed by atoms with van der Waals surface area (Å²) in [5.41, 5.74) is 0. The van der Waals surface area contributed by atoms with Crippen LogP contribution in [0, 0.1) is 5.92 Å². The molecule has 3 heteroatoms. The molecule has 0 aromatic carbocycles. The van der Waals surface area contributed by atoms with E-state index in [1.54, 1.807) is 0 Å². The molecular weight excluding hydrogens is 216 g/mol. The quantitative estimate of drug-likeness (QED) is 0.689. The summed E-state index contributed by atoms with van der Waals surface area (Å²) >= 11 is 2.09. The Bertz CT molecular complexity index is 216. The van der Waals surface area contributed by atoms with Crippen molar-refractivity contribution in [2.24, 2.45) is 5.92 Å². The van der Waals surface area contributed by atoms with Gasteiger partial charge in [-0.1, -0.05) is 6.92 Å². The second-order valence-electron chi connectivity index (χ2n) is 5.48. The van der Waals surface area contributed by atoms with E-state index in [4.69, 9.17) is 0 Å². The normalized spacial score (nSPS) is 28.5. The van der Waals surface area contributed by atoms with Crippen LogP contribution in [0.1, 0.15) is 32.6 Å². The highest BCUT2D eigenvalue weighted by Crippen LogP contribution is 2.48. The minimum atomic E-state index is 0.658. The molecule has 0 aromatic heterocycles. The van der Waals surface area contributed by atoms with Crippen LogP contribution in [0.4, 0.5) is 0 Å². The first-order chi connectivity index (χ1) is 7.78. The highest BCUT2D eigenvalue weighted by molar-refractivity contribution is 8.00. The van der Waals surface area contributed by atoms with Gasteiger partial charge in [-0.3, -0.25) is 0 Å². The van der Waals surface area contributed by atoms with Gasteiger partial charge in [-0.25, -0.2) is 0 Å². The molecule has 2 fully saturated rings. The van der Waals surface area contributed by atoms with E-state index in [0.717, 1.165) is 5.92 Å². The van der Waals surface area contributed by atoms with Crippen LogP contribution < -0.4 is 5.32 Å². The van der Waals surface area contributed by atoms with Crippen molar-refractivity contribution in [3.63, 3.8) is 0 Å².